The van der Waals surface area contributed by atoms with Crippen LogP contribution < -0.4 is 4.74 Å². The summed E-state index contributed by atoms with van der Waals surface area (Å²) in [5.74, 6) is 0.339. The Morgan fingerprint density at radius 3 is 2.22 bits per heavy atom. The van der Waals surface area contributed by atoms with Crippen molar-refractivity contribution in [1.82, 2.24) is 9.80 Å². The Morgan fingerprint density at radius 2 is 1.63 bits per heavy atom. The predicted octanol–water partition coefficient (Wildman–Crippen LogP) is 3.40. The van der Waals surface area contributed by atoms with E-state index in [4.69, 9.17) is 4.74 Å². The number of ether oxygens (including phenoxy) is 1. The second-order valence-electron chi connectivity index (χ2n) is 7.62. The molecule has 1 N–H and O–H groups in total. The van der Waals surface area contributed by atoms with E-state index in [1.54, 1.807) is 0 Å². The van der Waals surface area contributed by atoms with Gasteiger partial charge in [0.15, 0.2) is 0 Å². The minimum Gasteiger partial charge on any atom is -0.491 e. The Bertz CT molecular complexity index is 566. The summed E-state index contributed by atoms with van der Waals surface area (Å²) in [7, 11) is 0. The van der Waals surface area contributed by atoms with Gasteiger partial charge < -0.3 is 19.6 Å². The van der Waals surface area contributed by atoms with Crippen molar-refractivity contribution < 1.29 is 23.0 Å². The van der Waals surface area contributed by atoms with Crippen LogP contribution in [0.3, 0.4) is 0 Å². The smallest absolute Gasteiger partial charge is 0.416 e. The van der Waals surface area contributed by atoms with Gasteiger partial charge in [-0.1, -0.05) is 6.42 Å². The molecule has 2 heterocycles. The van der Waals surface area contributed by atoms with E-state index < -0.39 is 17.8 Å². The summed E-state index contributed by atoms with van der Waals surface area (Å²) < 4.78 is 43.1. The van der Waals surface area contributed by atoms with Crippen LogP contribution in [-0.2, 0) is 6.18 Å². The molecule has 2 saturated heterocycles. The molecule has 152 valence electrons. The standard InChI is InChI=1S/C20H29F3N2O2/c21-20(22,23)16-4-6-19(7-5-16)27-15-18(26)14-24-12-8-17(9-13-24)25-10-2-1-3-11-25/h4-7,17-18,26H,1-3,8-15H2. The fourth-order valence-electron chi connectivity index (χ4n) is 4.03. The van der Waals surface area contributed by atoms with E-state index in [2.05, 4.69) is 9.80 Å². The van der Waals surface area contributed by atoms with Crippen molar-refractivity contribution in [2.24, 2.45) is 0 Å². The number of piperidine rings is 2. The number of hydrogen-bond acceptors (Lipinski definition) is 4. The van der Waals surface area contributed by atoms with Gasteiger partial charge in [0.1, 0.15) is 18.5 Å². The molecule has 1 aromatic carbocycles. The molecule has 0 spiro atoms. The van der Waals surface area contributed by atoms with Gasteiger partial charge in [0.25, 0.3) is 0 Å². The number of halogens is 3. The molecule has 7 heteroatoms. The Balaban J connectivity index is 1.36. The number of rotatable bonds is 6. The summed E-state index contributed by atoms with van der Waals surface area (Å²) in [5, 5.41) is 10.2. The van der Waals surface area contributed by atoms with Crippen molar-refractivity contribution in [1.29, 1.82) is 0 Å². The number of hydrogen-bond donors (Lipinski definition) is 1. The predicted molar refractivity (Wildman–Crippen MR) is 97.8 cm³/mol. The van der Waals surface area contributed by atoms with Gasteiger partial charge in [-0.15, -0.1) is 0 Å². The maximum Gasteiger partial charge on any atom is 0.416 e. The third kappa shape index (κ3) is 6.09. The van der Waals surface area contributed by atoms with Crippen molar-refractivity contribution in [3.63, 3.8) is 0 Å². The second kappa shape index (κ2) is 9.26. The van der Waals surface area contributed by atoms with Gasteiger partial charge in [0.05, 0.1) is 5.56 Å². The molecular weight excluding hydrogens is 357 g/mol. The van der Waals surface area contributed by atoms with E-state index in [0.29, 0.717) is 18.3 Å². The lowest BCUT2D eigenvalue weighted by Crippen LogP contribution is -2.48. The molecule has 2 aliphatic heterocycles. The van der Waals surface area contributed by atoms with Crippen molar-refractivity contribution in [2.45, 2.75) is 50.4 Å². The van der Waals surface area contributed by atoms with Crippen LogP contribution in [0.2, 0.25) is 0 Å². The number of aliphatic hydroxyl groups excluding tert-OH is 1. The van der Waals surface area contributed by atoms with E-state index in [9.17, 15) is 18.3 Å². The Hall–Kier alpha value is -1.31. The minimum atomic E-state index is -4.35. The Labute approximate surface area is 158 Å². The molecule has 4 nitrogen and oxygen atoms in total. The van der Waals surface area contributed by atoms with Gasteiger partial charge in [-0.2, -0.15) is 13.2 Å². The molecule has 27 heavy (non-hydrogen) atoms. The summed E-state index contributed by atoms with van der Waals surface area (Å²) in [6, 6.07) is 5.24. The van der Waals surface area contributed by atoms with E-state index in [1.807, 2.05) is 0 Å². The number of nitrogens with zero attached hydrogens (tertiary/aromatic N) is 2. The molecule has 2 fully saturated rings. The number of benzene rings is 1. The Morgan fingerprint density at radius 1 is 1.00 bits per heavy atom. The van der Waals surface area contributed by atoms with E-state index in [1.165, 1.54) is 44.5 Å². The summed E-state index contributed by atoms with van der Waals surface area (Å²) in [6.07, 6.45) is 1.22. The number of alkyl halides is 3. The van der Waals surface area contributed by atoms with Crippen LogP contribution in [0.25, 0.3) is 0 Å². The lowest BCUT2D eigenvalue weighted by molar-refractivity contribution is -0.137. The molecule has 0 bridgehead atoms. The largest absolute Gasteiger partial charge is 0.491 e. The fraction of sp³-hybridized carbons (Fsp3) is 0.700. The van der Waals surface area contributed by atoms with Crippen LogP contribution in [0.1, 0.15) is 37.7 Å². The average Bonchev–Trinajstić information content (AvgIpc) is 2.67. The first-order valence-corrected chi connectivity index (χ1v) is 9.86. The summed E-state index contributed by atoms with van der Waals surface area (Å²) in [5.41, 5.74) is -0.702. The molecule has 2 aliphatic rings. The van der Waals surface area contributed by atoms with Crippen LogP contribution in [0, 0.1) is 0 Å². The first kappa shape index (κ1) is 20.4. The van der Waals surface area contributed by atoms with Crippen LogP contribution in [0.4, 0.5) is 13.2 Å². The first-order chi connectivity index (χ1) is 12.9. The highest BCUT2D eigenvalue weighted by Gasteiger charge is 2.30. The number of likely N-dealkylation sites (tertiary alicyclic amines) is 2. The highest BCUT2D eigenvalue weighted by atomic mass is 19.4. The van der Waals surface area contributed by atoms with Gasteiger partial charge in [-0.25, -0.2) is 0 Å². The molecule has 1 atom stereocenters. The maximum absolute atomic E-state index is 12.6. The molecule has 0 saturated carbocycles. The maximum atomic E-state index is 12.6. The number of aliphatic hydroxyl groups is 1. The van der Waals surface area contributed by atoms with Gasteiger partial charge in [-0.05, 0) is 76.1 Å². The molecule has 0 aromatic heterocycles. The van der Waals surface area contributed by atoms with Crippen LogP contribution in [-0.4, -0.2) is 66.4 Å². The van der Waals surface area contributed by atoms with Crippen LogP contribution in [0.5, 0.6) is 5.75 Å². The average molecular weight is 386 g/mol. The third-order valence-electron chi connectivity index (χ3n) is 5.56. The lowest BCUT2D eigenvalue weighted by Gasteiger charge is -2.40. The first-order valence-electron chi connectivity index (χ1n) is 9.86. The molecule has 0 aliphatic carbocycles. The monoisotopic (exact) mass is 386 g/mol. The van der Waals surface area contributed by atoms with E-state index in [-0.39, 0.29) is 6.61 Å². The minimum absolute atomic E-state index is 0.0808. The van der Waals surface area contributed by atoms with Gasteiger partial charge >= 0.3 is 6.18 Å². The molecular formula is C20H29F3N2O2. The van der Waals surface area contributed by atoms with Crippen molar-refractivity contribution in [2.75, 3.05) is 39.3 Å². The van der Waals surface area contributed by atoms with Gasteiger partial charge in [0, 0.05) is 12.6 Å². The zero-order valence-electron chi connectivity index (χ0n) is 15.6. The highest BCUT2D eigenvalue weighted by Crippen LogP contribution is 2.30. The third-order valence-corrected chi connectivity index (χ3v) is 5.56. The van der Waals surface area contributed by atoms with E-state index in [0.717, 1.165) is 38.1 Å². The number of β-amino-alcohol motifs (C(OH)–C–C–N with tert-alkyl or cyclic N) is 1. The Kier molecular flexibility index (Phi) is 7.00. The highest BCUT2D eigenvalue weighted by molar-refractivity contribution is 5.28. The molecule has 3 rings (SSSR count). The zero-order chi connectivity index (χ0) is 19.3. The quantitative estimate of drug-likeness (QED) is 0.813. The van der Waals surface area contributed by atoms with E-state index >= 15 is 0 Å². The van der Waals surface area contributed by atoms with Gasteiger partial charge in [-0.3, -0.25) is 0 Å². The summed E-state index contributed by atoms with van der Waals surface area (Å²) >= 11 is 0. The summed E-state index contributed by atoms with van der Waals surface area (Å²) in [6.45, 7) is 4.99. The van der Waals surface area contributed by atoms with Crippen molar-refractivity contribution in [3.05, 3.63) is 29.8 Å². The molecule has 0 radical (unpaired) electrons. The zero-order valence-corrected chi connectivity index (χ0v) is 15.6. The second-order valence-corrected chi connectivity index (χ2v) is 7.62. The summed E-state index contributed by atoms with van der Waals surface area (Å²) in [4.78, 5) is 4.87. The van der Waals surface area contributed by atoms with Gasteiger partial charge in [0.2, 0.25) is 0 Å². The normalized spacial score (nSPS) is 21.9. The van der Waals surface area contributed by atoms with Crippen molar-refractivity contribution in [3.8, 4) is 5.75 Å². The van der Waals surface area contributed by atoms with Crippen LogP contribution >= 0.6 is 0 Å². The lowest BCUT2D eigenvalue weighted by atomic mass is 10.00. The molecule has 1 unspecified atom stereocenters. The SMILES string of the molecule is OC(COc1ccc(C(F)(F)F)cc1)CN1CCC(N2CCCCC2)CC1. The molecule has 1 aromatic rings. The topological polar surface area (TPSA) is 35.9 Å². The fourth-order valence-corrected chi connectivity index (χ4v) is 4.03. The molecule has 0 amide bonds. The van der Waals surface area contributed by atoms with Crippen molar-refractivity contribution >= 4 is 0 Å². The van der Waals surface area contributed by atoms with Crippen LogP contribution in [0.15, 0.2) is 24.3 Å².